The van der Waals surface area contributed by atoms with E-state index in [1.165, 1.54) is 12.1 Å². The van der Waals surface area contributed by atoms with E-state index >= 15 is 0 Å². The van der Waals surface area contributed by atoms with E-state index in [4.69, 9.17) is 4.74 Å². The Morgan fingerprint density at radius 3 is 2.56 bits per heavy atom. The van der Waals surface area contributed by atoms with Crippen LogP contribution in [0.25, 0.3) is 0 Å². The van der Waals surface area contributed by atoms with Crippen LogP contribution in [0, 0.1) is 5.92 Å². The third-order valence-corrected chi connectivity index (χ3v) is 4.20. The molecule has 5 nitrogen and oxygen atoms in total. The summed E-state index contributed by atoms with van der Waals surface area (Å²) >= 11 is 0. The standard InChI is InChI=1S/C17H21F3N2O3/c1-2-25-16(24)12-6-8-22(9-7-12)11-15(23)21-14-5-3-4-13(10-14)17(18,19)20/h3-5,10,12H,2,6-9,11H2,1H3,(H,21,23)/p+1. The van der Waals surface area contributed by atoms with Crippen LogP contribution in [-0.2, 0) is 20.5 Å². The van der Waals surface area contributed by atoms with Gasteiger partial charge >= 0.3 is 12.1 Å². The van der Waals surface area contributed by atoms with Crippen LogP contribution in [0.3, 0.4) is 0 Å². The fraction of sp³-hybridized carbons (Fsp3) is 0.529. The van der Waals surface area contributed by atoms with Gasteiger partial charge in [0.25, 0.3) is 5.91 Å². The lowest BCUT2D eigenvalue weighted by molar-refractivity contribution is -0.897. The van der Waals surface area contributed by atoms with Crippen LogP contribution in [0.5, 0.6) is 0 Å². The molecule has 2 N–H and O–H groups in total. The Morgan fingerprint density at radius 1 is 1.28 bits per heavy atom. The highest BCUT2D eigenvalue weighted by atomic mass is 19.4. The summed E-state index contributed by atoms with van der Waals surface area (Å²) in [5, 5.41) is 2.50. The molecule has 0 spiro atoms. The van der Waals surface area contributed by atoms with Crippen LogP contribution in [0.4, 0.5) is 18.9 Å². The van der Waals surface area contributed by atoms with Crippen molar-refractivity contribution >= 4 is 17.6 Å². The van der Waals surface area contributed by atoms with Gasteiger partial charge in [-0.25, -0.2) is 0 Å². The lowest BCUT2D eigenvalue weighted by atomic mass is 9.97. The predicted molar refractivity (Wildman–Crippen MR) is 85.0 cm³/mol. The molecular weight excluding hydrogens is 337 g/mol. The van der Waals surface area contributed by atoms with Crippen molar-refractivity contribution in [3.8, 4) is 0 Å². The van der Waals surface area contributed by atoms with Crippen LogP contribution < -0.4 is 10.2 Å². The second-order valence-electron chi connectivity index (χ2n) is 6.08. The lowest BCUT2D eigenvalue weighted by Gasteiger charge is -2.27. The molecule has 0 unspecified atom stereocenters. The number of alkyl halides is 3. The fourth-order valence-corrected chi connectivity index (χ4v) is 2.90. The van der Waals surface area contributed by atoms with Gasteiger partial charge in [0.05, 0.1) is 31.2 Å². The highest BCUT2D eigenvalue weighted by Crippen LogP contribution is 2.30. The van der Waals surface area contributed by atoms with Gasteiger partial charge in [0.2, 0.25) is 0 Å². The monoisotopic (exact) mass is 359 g/mol. The van der Waals surface area contributed by atoms with E-state index in [1.54, 1.807) is 6.92 Å². The molecular formula is C17H22F3N2O3+. The van der Waals surface area contributed by atoms with Crippen LogP contribution in [-0.4, -0.2) is 38.1 Å². The number of hydrogen-bond donors (Lipinski definition) is 2. The first kappa shape index (κ1) is 19.2. The van der Waals surface area contributed by atoms with Crippen molar-refractivity contribution in [3.63, 3.8) is 0 Å². The number of esters is 1. The number of likely N-dealkylation sites (tertiary alicyclic amines) is 1. The Hall–Kier alpha value is -2.09. The number of nitrogens with one attached hydrogen (secondary N) is 2. The summed E-state index contributed by atoms with van der Waals surface area (Å²) in [6.45, 7) is 3.58. The Kier molecular flexibility index (Phi) is 6.41. The van der Waals surface area contributed by atoms with Gasteiger partial charge in [-0.3, -0.25) is 9.59 Å². The van der Waals surface area contributed by atoms with E-state index in [9.17, 15) is 22.8 Å². The molecule has 25 heavy (non-hydrogen) atoms. The molecule has 1 aromatic rings. The molecule has 1 fully saturated rings. The zero-order valence-electron chi connectivity index (χ0n) is 14.0. The van der Waals surface area contributed by atoms with Gasteiger partial charge < -0.3 is 15.0 Å². The number of halogens is 3. The molecule has 138 valence electrons. The number of carbonyl (C=O) groups excluding carboxylic acids is 2. The molecule has 0 atom stereocenters. The van der Waals surface area contributed by atoms with Gasteiger partial charge in [-0.2, -0.15) is 13.2 Å². The highest BCUT2D eigenvalue weighted by Gasteiger charge is 2.31. The molecule has 0 saturated carbocycles. The molecule has 2 rings (SSSR count). The quantitative estimate of drug-likeness (QED) is 0.784. The summed E-state index contributed by atoms with van der Waals surface area (Å²) in [6.07, 6.45) is -3.16. The van der Waals surface area contributed by atoms with Crippen molar-refractivity contribution < 1.29 is 32.4 Å². The van der Waals surface area contributed by atoms with Crippen LogP contribution in [0.2, 0.25) is 0 Å². The Labute approximate surface area is 144 Å². The number of hydrogen-bond acceptors (Lipinski definition) is 3. The van der Waals surface area contributed by atoms with Crippen molar-refractivity contribution in [1.82, 2.24) is 0 Å². The van der Waals surface area contributed by atoms with Gasteiger partial charge in [-0.05, 0) is 25.1 Å². The maximum atomic E-state index is 12.7. The van der Waals surface area contributed by atoms with E-state index in [-0.39, 0.29) is 30.0 Å². The number of amides is 1. The SMILES string of the molecule is CCOC(=O)C1CC[NH+](CC(=O)Nc2cccc(C(F)(F)F)c2)CC1. The normalized spacial score (nSPS) is 20.8. The molecule has 0 radical (unpaired) electrons. The fourth-order valence-electron chi connectivity index (χ4n) is 2.90. The number of benzene rings is 1. The van der Waals surface area contributed by atoms with Crippen LogP contribution >= 0.6 is 0 Å². The number of piperidine rings is 1. The van der Waals surface area contributed by atoms with Crippen molar-refractivity contribution in [2.75, 3.05) is 31.6 Å². The highest BCUT2D eigenvalue weighted by molar-refractivity contribution is 5.91. The summed E-state index contributed by atoms with van der Waals surface area (Å²) in [5.74, 6) is -0.672. The zero-order valence-corrected chi connectivity index (χ0v) is 14.0. The minimum Gasteiger partial charge on any atom is -0.466 e. The van der Waals surface area contributed by atoms with Gasteiger partial charge in [-0.15, -0.1) is 0 Å². The summed E-state index contributed by atoms with van der Waals surface area (Å²) in [7, 11) is 0. The van der Waals surface area contributed by atoms with Crippen molar-refractivity contribution in [2.45, 2.75) is 25.9 Å². The maximum absolute atomic E-state index is 12.7. The minimum atomic E-state index is -4.44. The summed E-state index contributed by atoms with van der Waals surface area (Å²) in [4.78, 5) is 24.7. The number of rotatable bonds is 5. The molecule has 0 bridgehead atoms. The van der Waals surface area contributed by atoms with E-state index in [1.807, 2.05) is 0 Å². The largest absolute Gasteiger partial charge is 0.466 e. The van der Waals surface area contributed by atoms with E-state index in [0.717, 1.165) is 17.0 Å². The topological polar surface area (TPSA) is 59.8 Å². The van der Waals surface area contributed by atoms with Crippen molar-refractivity contribution in [2.24, 2.45) is 5.92 Å². The molecule has 1 aliphatic rings. The third kappa shape index (κ3) is 5.74. The molecule has 1 amide bonds. The first-order chi connectivity index (χ1) is 11.8. The first-order valence-corrected chi connectivity index (χ1v) is 8.27. The smallest absolute Gasteiger partial charge is 0.416 e. The first-order valence-electron chi connectivity index (χ1n) is 8.27. The number of anilines is 1. The molecule has 0 aliphatic carbocycles. The van der Waals surface area contributed by atoms with Crippen molar-refractivity contribution in [1.29, 1.82) is 0 Å². The van der Waals surface area contributed by atoms with Crippen molar-refractivity contribution in [3.05, 3.63) is 29.8 Å². The molecule has 1 saturated heterocycles. The Balaban J connectivity index is 1.83. The second-order valence-corrected chi connectivity index (χ2v) is 6.08. The molecule has 1 aromatic carbocycles. The second kappa shape index (κ2) is 8.33. The van der Waals surface area contributed by atoms with E-state index in [0.29, 0.717) is 32.5 Å². The summed E-state index contributed by atoms with van der Waals surface area (Å²) in [6, 6.07) is 4.56. The average Bonchev–Trinajstić information content (AvgIpc) is 2.55. The van der Waals surface area contributed by atoms with Gasteiger partial charge in [0, 0.05) is 18.5 Å². The predicted octanol–water partition coefficient (Wildman–Crippen LogP) is 1.50. The molecule has 0 aromatic heterocycles. The van der Waals surface area contributed by atoms with E-state index < -0.39 is 11.7 Å². The van der Waals surface area contributed by atoms with Gasteiger partial charge in [0.15, 0.2) is 6.54 Å². The lowest BCUT2D eigenvalue weighted by Crippen LogP contribution is -3.14. The maximum Gasteiger partial charge on any atom is 0.416 e. The molecule has 1 aliphatic heterocycles. The number of ether oxygens (including phenoxy) is 1. The van der Waals surface area contributed by atoms with Crippen LogP contribution in [0.1, 0.15) is 25.3 Å². The van der Waals surface area contributed by atoms with Crippen LogP contribution in [0.15, 0.2) is 24.3 Å². The third-order valence-electron chi connectivity index (χ3n) is 4.20. The van der Waals surface area contributed by atoms with E-state index in [2.05, 4.69) is 5.32 Å². The number of carbonyl (C=O) groups is 2. The molecule has 8 heteroatoms. The summed E-state index contributed by atoms with van der Waals surface area (Å²) in [5.41, 5.74) is -0.673. The van der Waals surface area contributed by atoms with Gasteiger partial charge in [0.1, 0.15) is 0 Å². The Morgan fingerprint density at radius 2 is 1.96 bits per heavy atom. The average molecular weight is 359 g/mol. The molecule has 1 heterocycles. The number of quaternary nitrogens is 1. The Bertz CT molecular complexity index is 611. The summed E-state index contributed by atoms with van der Waals surface area (Å²) < 4.78 is 43.0. The zero-order chi connectivity index (χ0) is 18.4. The minimum absolute atomic E-state index is 0.126. The van der Waals surface area contributed by atoms with Gasteiger partial charge in [-0.1, -0.05) is 6.07 Å².